The number of halogens is 1. The van der Waals surface area contributed by atoms with Crippen LogP contribution < -0.4 is 14.4 Å². The van der Waals surface area contributed by atoms with Crippen molar-refractivity contribution in [1.82, 2.24) is 5.16 Å². The fourth-order valence-corrected chi connectivity index (χ4v) is 3.72. The lowest BCUT2D eigenvalue weighted by atomic mass is 9.94. The summed E-state index contributed by atoms with van der Waals surface area (Å²) in [5, 5.41) is 14.9. The van der Waals surface area contributed by atoms with Crippen LogP contribution in [0.1, 0.15) is 22.9 Å². The Balaban J connectivity index is 2.01. The highest BCUT2D eigenvalue weighted by molar-refractivity contribution is 6.51. The number of aryl methyl sites for hydroxylation is 1. The number of ketones is 1. The van der Waals surface area contributed by atoms with Crippen LogP contribution in [0.25, 0.3) is 5.76 Å². The smallest absolute Gasteiger partial charge is 0.301 e. The first-order valence-corrected chi connectivity index (χ1v) is 9.58. The number of anilines is 1. The zero-order valence-electron chi connectivity index (χ0n) is 17.5. The second-order valence-electron chi connectivity index (χ2n) is 7.05. The molecule has 1 aliphatic rings. The van der Waals surface area contributed by atoms with Gasteiger partial charge in [-0.05, 0) is 37.3 Å². The predicted octanol–water partition coefficient (Wildman–Crippen LogP) is 3.77. The van der Waals surface area contributed by atoms with E-state index in [0.717, 1.165) is 17.0 Å². The molecule has 8 nitrogen and oxygen atoms in total. The number of carbonyl (C=O) groups is 2. The highest BCUT2D eigenvalue weighted by Gasteiger charge is 2.49. The second kappa shape index (κ2) is 8.18. The number of para-hydroxylation sites is 1. The minimum Gasteiger partial charge on any atom is -0.507 e. The molecule has 9 heteroatoms. The maximum absolute atomic E-state index is 13.4. The van der Waals surface area contributed by atoms with Gasteiger partial charge in [0.1, 0.15) is 23.4 Å². The molecule has 0 radical (unpaired) electrons. The zero-order chi connectivity index (χ0) is 23.0. The van der Waals surface area contributed by atoms with E-state index < -0.39 is 29.3 Å². The first-order chi connectivity index (χ1) is 15.4. The van der Waals surface area contributed by atoms with Crippen LogP contribution in [-0.2, 0) is 9.59 Å². The van der Waals surface area contributed by atoms with Crippen molar-refractivity contribution in [1.29, 1.82) is 0 Å². The number of aliphatic hydroxyl groups excluding tert-OH is 1. The van der Waals surface area contributed by atoms with Crippen molar-refractivity contribution in [2.45, 2.75) is 13.0 Å². The Bertz CT molecular complexity index is 1230. The number of hydrogen-bond acceptors (Lipinski definition) is 7. The number of hydrogen-bond donors (Lipinski definition) is 1. The van der Waals surface area contributed by atoms with Crippen LogP contribution in [0, 0.1) is 12.7 Å². The molecule has 0 saturated carbocycles. The third-order valence-electron chi connectivity index (χ3n) is 5.15. The van der Waals surface area contributed by atoms with E-state index in [2.05, 4.69) is 5.16 Å². The molecule has 1 amide bonds. The van der Waals surface area contributed by atoms with Gasteiger partial charge >= 0.3 is 5.91 Å². The summed E-state index contributed by atoms with van der Waals surface area (Å²) < 4.78 is 29.4. The number of Topliss-reactive ketones (excluding diaryl/α,β-unsaturated/α-hetero) is 1. The van der Waals surface area contributed by atoms with Gasteiger partial charge in [0.25, 0.3) is 5.78 Å². The molecular weight excluding hydrogens is 419 g/mol. The van der Waals surface area contributed by atoms with E-state index in [1.165, 1.54) is 32.4 Å². The average molecular weight is 438 g/mol. The molecular formula is C23H19FN2O6. The lowest BCUT2D eigenvalue weighted by Crippen LogP contribution is -2.30. The average Bonchev–Trinajstić information content (AvgIpc) is 3.33. The number of carbonyl (C=O) groups excluding carboxylic acids is 2. The summed E-state index contributed by atoms with van der Waals surface area (Å²) in [7, 11) is 2.88. The Morgan fingerprint density at radius 2 is 1.84 bits per heavy atom. The molecule has 0 spiro atoms. The Labute approximate surface area is 182 Å². The van der Waals surface area contributed by atoms with Crippen molar-refractivity contribution in [3.8, 4) is 11.5 Å². The number of benzene rings is 2. The molecule has 32 heavy (non-hydrogen) atoms. The summed E-state index contributed by atoms with van der Waals surface area (Å²) in [5.74, 6) is -1.63. The van der Waals surface area contributed by atoms with Crippen molar-refractivity contribution >= 4 is 23.3 Å². The Kier molecular flexibility index (Phi) is 5.40. The lowest BCUT2D eigenvalue weighted by molar-refractivity contribution is -0.132. The van der Waals surface area contributed by atoms with Crippen molar-refractivity contribution in [2.75, 3.05) is 19.1 Å². The van der Waals surface area contributed by atoms with E-state index in [4.69, 9.17) is 14.0 Å². The Morgan fingerprint density at radius 3 is 2.44 bits per heavy atom. The predicted molar refractivity (Wildman–Crippen MR) is 112 cm³/mol. The van der Waals surface area contributed by atoms with Gasteiger partial charge in [0, 0.05) is 17.2 Å². The zero-order valence-corrected chi connectivity index (χ0v) is 17.5. The maximum Gasteiger partial charge on any atom is 0.301 e. The van der Waals surface area contributed by atoms with Gasteiger partial charge in [-0.25, -0.2) is 4.39 Å². The largest absolute Gasteiger partial charge is 0.507 e. The Morgan fingerprint density at radius 1 is 1.12 bits per heavy atom. The number of ether oxygens (including phenoxy) is 2. The first kappa shape index (κ1) is 21.1. The highest BCUT2D eigenvalue weighted by atomic mass is 19.1. The number of methoxy groups -OCH3 is 2. The summed E-state index contributed by atoms with van der Waals surface area (Å²) in [6, 6.07) is 10.3. The standard InChI is InChI=1S/C23H19FN2O6/c1-12-11-17(25-32-12)26-19(15-5-4-6-16(30-2)22(15)31-3)18(21(28)23(26)29)20(27)13-7-9-14(24)10-8-13/h4-11,19,27H,1-3H3/t19-/m0/s1. The van der Waals surface area contributed by atoms with Crippen LogP contribution in [0.3, 0.4) is 0 Å². The summed E-state index contributed by atoms with van der Waals surface area (Å²) in [5.41, 5.74) is 0.358. The van der Waals surface area contributed by atoms with E-state index in [1.807, 2.05) is 0 Å². The van der Waals surface area contributed by atoms with Crippen molar-refractivity contribution in [3.05, 3.63) is 76.8 Å². The van der Waals surface area contributed by atoms with Gasteiger partial charge in [-0.15, -0.1) is 0 Å². The van der Waals surface area contributed by atoms with E-state index in [9.17, 15) is 19.1 Å². The topological polar surface area (TPSA) is 102 Å². The third kappa shape index (κ3) is 3.37. The molecule has 0 unspecified atom stereocenters. The van der Waals surface area contributed by atoms with Crippen molar-refractivity contribution in [2.24, 2.45) is 0 Å². The van der Waals surface area contributed by atoms with E-state index in [0.29, 0.717) is 17.1 Å². The second-order valence-corrected chi connectivity index (χ2v) is 7.05. The summed E-state index contributed by atoms with van der Waals surface area (Å²) >= 11 is 0. The number of aromatic nitrogens is 1. The van der Waals surface area contributed by atoms with Gasteiger partial charge in [-0.3, -0.25) is 14.5 Å². The van der Waals surface area contributed by atoms with Gasteiger partial charge in [-0.1, -0.05) is 17.3 Å². The van der Waals surface area contributed by atoms with Gasteiger partial charge < -0.3 is 19.1 Å². The number of rotatable bonds is 5. The normalized spacial score (nSPS) is 17.6. The minimum absolute atomic E-state index is 0.0950. The molecule has 1 N–H and O–H groups in total. The molecule has 2 aromatic carbocycles. The van der Waals surface area contributed by atoms with E-state index in [-0.39, 0.29) is 22.7 Å². The van der Waals surface area contributed by atoms with E-state index >= 15 is 0 Å². The monoisotopic (exact) mass is 438 g/mol. The van der Waals surface area contributed by atoms with E-state index in [1.54, 1.807) is 25.1 Å². The van der Waals surface area contributed by atoms with Gasteiger partial charge in [0.05, 0.1) is 19.8 Å². The first-order valence-electron chi connectivity index (χ1n) is 9.58. The minimum atomic E-state index is -1.10. The van der Waals surface area contributed by atoms with Crippen molar-refractivity contribution in [3.63, 3.8) is 0 Å². The molecule has 164 valence electrons. The third-order valence-corrected chi connectivity index (χ3v) is 5.15. The number of nitrogens with zero attached hydrogens (tertiary/aromatic N) is 2. The van der Waals surface area contributed by atoms with Crippen LogP contribution in [0.5, 0.6) is 11.5 Å². The molecule has 0 aliphatic carbocycles. The van der Waals surface area contributed by atoms with Crippen LogP contribution in [0.2, 0.25) is 0 Å². The fraction of sp³-hybridized carbons (Fsp3) is 0.174. The molecule has 1 aromatic heterocycles. The van der Waals surface area contributed by atoms with Crippen LogP contribution in [0.4, 0.5) is 10.2 Å². The molecule has 1 aliphatic heterocycles. The molecule has 0 bridgehead atoms. The van der Waals surface area contributed by atoms with Crippen LogP contribution >= 0.6 is 0 Å². The molecule has 1 saturated heterocycles. The lowest BCUT2D eigenvalue weighted by Gasteiger charge is -2.25. The molecule has 1 atom stereocenters. The number of amides is 1. The van der Waals surface area contributed by atoms with Crippen LogP contribution in [-0.4, -0.2) is 36.2 Å². The van der Waals surface area contributed by atoms with Crippen molar-refractivity contribution < 1.29 is 33.1 Å². The fourth-order valence-electron chi connectivity index (χ4n) is 3.72. The summed E-state index contributed by atoms with van der Waals surface area (Å²) in [6.07, 6.45) is 0. The molecule has 3 aromatic rings. The quantitative estimate of drug-likeness (QED) is 0.368. The SMILES string of the molecule is COc1cccc([C@H]2C(=C(O)c3ccc(F)cc3)C(=O)C(=O)N2c2cc(C)on2)c1OC. The summed E-state index contributed by atoms with van der Waals surface area (Å²) in [6.45, 7) is 1.65. The number of aliphatic hydroxyl groups is 1. The highest BCUT2D eigenvalue weighted by Crippen LogP contribution is 2.46. The van der Waals surface area contributed by atoms with Gasteiger partial charge in [0.15, 0.2) is 17.3 Å². The van der Waals surface area contributed by atoms with Gasteiger partial charge in [-0.2, -0.15) is 0 Å². The maximum atomic E-state index is 13.4. The molecule has 1 fully saturated rings. The van der Waals surface area contributed by atoms with Gasteiger partial charge in [0.2, 0.25) is 0 Å². The Hall–Kier alpha value is -4.14. The van der Waals surface area contributed by atoms with Crippen LogP contribution in [0.15, 0.2) is 58.6 Å². The summed E-state index contributed by atoms with van der Waals surface area (Å²) in [4.78, 5) is 27.3. The molecule has 2 heterocycles. The molecule has 4 rings (SSSR count).